The molecule has 0 bridgehead atoms. The standard InChI is InChI=1S/C15H21N3O4S/c1-11-9-16(14(19)22-15(2,3)4)10-17(11)23-13-7-5-12(6-8-13)18(20)21/h5-8,11H,9-10H2,1-4H3. The van der Waals surface area contributed by atoms with Crippen LogP contribution in [0.1, 0.15) is 27.7 Å². The van der Waals surface area contributed by atoms with E-state index in [1.165, 1.54) is 24.1 Å². The Hall–Kier alpha value is -1.80. The first-order chi connectivity index (χ1) is 10.7. The summed E-state index contributed by atoms with van der Waals surface area (Å²) in [5, 5.41) is 10.7. The summed E-state index contributed by atoms with van der Waals surface area (Å²) in [7, 11) is 0. The summed E-state index contributed by atoms with van der Waals surface area (Å²) < 4.78 is 7.45. The van der Waals surface area contributed by atoms with Crippen LogP contribution in [-0.2, 0) is 4.74 Å². The summed E-state index contributed by atoms with van der Waals surface area (Å²) in [6, 6.07) is 6.56. The average molecular weight is 339 g/mol. The van der Waals surface area contributed by atoms with Gasteiger partial charge < -0.3 is 4.74 Å². The van der Waals surface area contributed by atoms with Crippen molar-refractivity contribution in [3.8, 4) is 0 Å². The van der Waals surface area contributed by atoms with E-state index >= 15 is 0 Å². The maximum atomic E-state index is 12.1. The molecule has 1 saturated heterocycles. The molecule has 2 rings (SSSR count). The first-order valence-corrected chi connectivity index (χ1v) is 8.10. The summed E-state index contributed by atoms with van der Waals surface area (Å²) in [5.41, 5.74) is -0.446. The molecule has 126 valence electrons. The van der Waals surface area contributed by atoms with Crippen molar-refractivity contribution in [1.82, 2.24) is 9.21 Å². The molecule has 8 heteroatoms. The van der Waals surface area contributed by atoms with Crippen molar-refractivity contribution in [2.75, 3.05) is 13.2 Å². The van der Waals surface area contributed by atoms with Gasteiger partial charge in [0.2, 0.25) is 0 Å². The zero-order valence-electron chi connectivity index (χ0n) is 13.7. The van der Waals surface area contributed by atoms with E-state index in [4.69, 9.17) is 4.74 Å². The zero-order valence-corrected chi connectivity index (χ0v) is 14.5. The number of carbonyl (C=O) groups is 1. The molecule has 0 spiro atoms. The molecular formula is C15H21N3O4S. The second kappa shape index (κ2) is 6.76. The fourth-order valence-electron chi connectivity index (χ4n) is 2.12. The Morgan fingerprint density at radius 1 is 1.35 bits per heavy atom. The van der Waals surface area contributed by atoms with Gasteiger partial charge >= 0.3 is 6.09 Å². The number of hydrogen-bond acceptors (Lipinski definition) is 6. The van der Waals surface area contributed by atoms with Crippen molar-refractivity contribution in [2.24, 2.45) is 0 Å². The monoisotopic (exact) mass is 339 g/mol. The first-order valence-electron chi connectivity index (χ1n) is 7.33. The van der Waals surface area contributed by atoms with Crippen LogP contribution in [0.15, 0.2) is 29.2 Å². The third-order valence-corrected chi connectivity index (χ3v) is 4.40. The van der Waals surface area contributed by atoms with Gasteiger partial charge in [-0.2, -0.15) is 0 Å². The molecule has 0 radical (unpaired) electrons. The fraction of sp³-hybridized carbons (Fsp3) is 0.533. The van der Waals surface area contributed by atoms with E-state index in [9.17, 15) is 14.9 Å². The van der Waals surface area contributed by atoms with Crippen LogP contribution in [0.25, 0.3) is 0 Å². The average Bonchev–Trinajstić information content (AvgIpc) is 2.79. The van der Waals surface area contributed by atoms with Gasteiger partial charge in [0.1, 0.15) is 5.60 Å². The third-order valence-electron chi connectivity index (χ3n) is 3.21. The molecule has 23 heavy (non-hydrogen) atoms. The van der Waals surface area contributed by atoms with Gasteiger partial charge in [0.15, 0.2) is 0 Å². The Morgan fingerprint density at radius 3 is 2.48 bits per heavy atom. The number of ether oxygens (including phenoxy) is 1. The highest BCUT2D eigenvalue weighted by atomic mass is 32.2. The lowest BCUT2D eigenvalue weighted by Gasteiger charge is -2.24. The van der Waals surface area contributed by atoms with E-state index in [0.29, 0.717) is 13.2 Å². The van der Waals surface area contributed by atoms with Gasteiger partial charge in [-0.3, -0.25) is 15.0 Å². The van der Waals surface area contributed by atoms with Crippen molar-refractivity contribution in [3.63, 3.8) is 0 Å². The summed E-state index contributed by atoms with van der Waals surface area (Å²) in [4.78, 5) is 24.9. The highest BCUT2D eigenvalue weighted by Crippen LogP contribution is 2.30. The van der Waals surface area contributed by atoms with Crippen molar-refractivity contribution < 1.29 is 14.5 Å². The maximum absolute atomic E-state index is 12.1. The number of nitro groups is 1. The minimum absolute atomic E-state index is 0.0687. The molecule has 0 aromatic heterocycles. The summed E-state index contributed by atoms with van der Waals surface area (Å²) >= 11 is 1.48. The molecule has 1 amide bonds. The van der Waals surface area contributed by atoms with Gasteiger partial charge in [0.25, 0.3) is 5.69 Å². The molecule has 7 nitrogen and oxygen atoms in total. The maximum Gasteiger partial charge on any atom is 0.411 e. The van der Waals surface area contributed by atoms with Crippen LogP contribution in [0.2, 0.25) is 0 Å². The lowest BCUT2D eigenvalue weighted by atomic mass is 10.2. The van der Waals surface area contributed by atoms with Crippen LogP contribution in [0.3, 0.4) is 0 Å². The molecule has 1 atom stereocenters. The second-order valence-electron chi connectivity index (χ2n) is 6.45. The molecule has 1 heterocycles. The van der Waals surface area contributed by atoms with E-state index in [-0.39, 0.29) is 17.8 Å². The molecule has 1 aliphatic heterocycles. The van der Waals surface area contributed by atoms with E-state index in [1.807, 2.05) is 27.7 Å². The first kappa shape index (κ1) is 17.6. The Balaban J connectivity index is 1.96. The smallest absolute Gasteiger partial charge is 0.411 e. The van der Waals surface area contributed by atoms with Crippen LogP contribution >= 0.6 is 11.9 Å². The topological polar surface area (TPSA) is 75.9 Å². The lowest BCUT2D eigenvalue weighted by molar-refractivity contribution is -0.384. The number of hydrogen-bond donors (Lipinski definition) is 0. The Bertz CT molecular complexity index is 585. The molecule has 1 aromatic carbocycles. The van der Waals surface area contributed by atoms with E-state index in [1.54, 1.807) is 17.0 Å². The molecule has 1 aliphatic rings. The molecule has 0 saturated carbocycles. The number of amides is 1. The Morgan fingerprint density at radius 2 is 1.96 bits per heavy atom. The van der Waals surface area contributed by atoms with Crippen LogP contribution in [0.4, 0.5) is 10.5 Å². The number of rotatable bonds is 3. The quantitative estimate of drug-likeness (QED) is 0.476. The number of carbonyl (C=O) groups excluding carboxylic acids is 1. The molecule has 0 N–H and O–H groups in total. The van der Waals surface area contributed by atoms with Crippen LogP contribution in [0, 0.1) is 10.1 Å². The van der Waals surface area contributed by atoms with Crippen LogP contribution < -0.4 is 0 Å². The van der Waals surface area contributed by atoms with E-state index in [0.717, 1.165) is 4.90 Å². The van der Waals surface area contributed by atoms with Gasteiger partial charge in [-0.15, -0.1) is 0 Å². The largest absolute Gasteiger partial charge is 0.444 e. The van der Waals surface area contributed by atoms with Crippen molar-refractivity contribution in [2.45, 2.75) is 44.2 Å². The molecule has 1 unspecified atom stereocenters. The Labute approximate surface area is 139 Å². The van der Waals surface area contributed by atoms with Crippen LogP contribution in [-0.4, -0.2) is 45.1 Å². The zero-order chi connectivity index (χ0) is 17.2. The SMILES string of the molecule is CC1CN(C(=O)OC(C)(C)C)CN1Sc1ccc([N+](=O)[O-])cc1. The minimum atomic E-state index is -0.515. The predicted octanol–water partition coefficient (Wildman–Crippen LogP) is 3.50. The summed E-state index contributed by atoms with van der Waals surface area (Å²) in [6.07, 6.45) is -0.323. The molecule has 0 aliphatic carbocycles. The van der Waals surface area contributed by atoms with Crippen LogP contribution in [0.5, 0.6) is 0 Å². The van der Waals surface area contributed by atoms with Crippen molar-refractivity contribution >= 4 is 23.7 Å². The Kier molecular flexibility index (Phi) is 5.16. The molecular weight excluding hydrogens is 318 g/mol. The van der Waals surface area contributed by atoms with Crippen molar-refractivity contribution in [1.29, 1.82) is 0 Å². The summed E-state index contributed by atoms with van der Waals surface area (Å²) in [6.45, 7) is 8.60. The van der Waals surface area contributed by atoms with Gasteiger partial charge in [0.05, 0.1) is 11.6 Å². The second-order valence-corrected chi connectivity index (χ2v) is 7.58. The molecule has 1 aromatic rings. The predicted molar refractivity (Wildman–Crippen MR) is 88.1 cm³/mol. The van der Waals surface area contributed by atoms with Gasteiger partial charge in [0, 0.05) is 29.6 Å². The highest BCUT2D eigenvalue weighted by molar-refractivity contribution is 7.97. The number of benzene rings is 1. The van der Waals surface area contributed by atoms with Crippen molar-refractivity contribution in [3.05, 3.63) is 34.4 Å². The van der Waals surface area contributed by atoms with E-state index < -0.39 is 10.5 Å². The lowest BCUT2D eigenvalue weighted by Crippen LogP contribution is -2.36. The normalized spacial score (nSPS) is 19.0. The number of nitrogens with zero attached hydrogens (tertiary/aromatic N) is 3. The minimum Gasteiger partial charge on any atom is -0.444 e. The highest BCUT2D eigenvalue weighted by Gasteiger charge is 2.33. The van der Waals surface area contributed by atoms with Gasteiger partial charge in [-0.1, -0.05) is 0 Å². The summed E-state index contributed by atoms with van der Waals surface area (Å²) in [5.74, 6) is 0. The fourth-order valence-corrected chi connectivity index (χ4v) is 3.09. The van der Waals surface area contributed by atoms with E-state index in [2.05, 4.69) is 4.31 Å². The number of nitro benzene ring substituents is 1. The third kappa shape index (κ3) is 4.84. The molecule has 1 fully saturated rings. The number of non-ortho nitro benzene ring substituents is 1. The van der Waals surface area contributed by atoms with Gasteiger partial charge in [-0.25, -0.2) is 9.10 Å². The van der Waals surface area contributed by atoms with Gasteiger partial charge in [-0.05, 0) is 51.8 Å².